The maximum absolute atomic E-state index is 13.5. The summed E-state index contributed by atoms with van der Waals surface area (Å²) in [7, 11) is 1.14. The lowest BCUT2D eigenvalue weighted by Gasteiger charge is -2.30. The SMILES string of the molecule is CC/C=C\C/C=C\C/C=C\C/C=C\C/C=C\CCCCCCCC(=O)OC(/C=C\CCCCCCCCCCCCC)C(COP(=O)([O-])OCC[N+](C)(C)C)NC(=O)CCCCCCC\C=C/C=C/C=C/CC. The number of amides is 1. The minimum atomic E-state index is -4.71. The Labute approximate surface area is 449 Å². The number of phosphoric ester groups is 1. The van der Waals surface area contributed by atoms with Gasteiger partial charge in [0.1, 0.15) is 19.3 Å². The zero-order valence-electron chi connectivity index (χ0n) is 47.5. The number of phosphoric acid groups is 1. The Morgan fingerprint density at radius 2 is 0.945 bits per heavy atom. The minimum Gasteiger partial charge on any atom is -0.756 e. The number of allylic oxidation sites excluding steroid dienone is 17. The smallest absolute Gasteiger partial charge is 0.306 e. The van der Waals surface area contributed by atoms with E-state index in [9.17, 15) is 19.0 Å². The lowest BCUT2D eigenvalue weighted by Crippen LogP contribution is -2.47. The lowest BCUT2D eigenvalue weighted by molar-refractivity contribution is -0.870. The molecule has 418 valence electrons. The summed E-state index contributed by atoms with van der Waals surface area (Å²) in [6.45, 7) is 6.55. The number of carbonyl (C=O) groups is 2. The van der Waals surface area contributed by atoms with Gasteiger partial charge in [0.05, 0.1) is 33.8 Å². The van der Waals surface area contributed by atoms with E-state index in [1.54, 1.807) is 0 Å². The van der Waals surface area contributed by atoms with Crippen LogP contribution in [0.2, 0.25) is 0 Å². The van der Waals surface area contributed by atoms with Crippen molar-refractivity contribution in [2.45, 2.75) is 238 Å². The van der Waals surface area contributed by atoms with Gasteiger partial charge >= 0.3 is 5.97 Å². The summed E-state index contributed by atoms with van der Waals surface area (Å²) in [6.07, 6.45) is 70.5. The van der Waals surface area contributed by atoms with Crippen molar-refractivity contribution in [3.05, 3.63) is 109 Å². The van der Waals surface area contributed by atoms with E-state index in [2.05, 4.69) is 117 Å². The van der Waals surface area contributed by atoms with E-state index >= 15 is 0 Å². The molecule has 0 aromatic heterocycles. The van der Waals surface area contributed by atoms with Crippen LogP contribution in [0.15, 0.2) is 109 Å². The summed E-state index contributed by atoms with van der Waals surface area (Å²) >= 11 is 0. The van der Waals surface area contributed by atoms with Crippen LogP contribution in [0.5, 0.6) is 0 Å². The molecule has 73 heavy (non-hydrogen) atoms. The summed E-state index contributed by atoms with van der Waals surface area (Å²) in [4.78, 5) is 39.9. The molecule has 0 saturated carbocycles. The molecule has 0 rings (SSSR count). The van der Waals surface area contributed by atoms with Crippen LogP contribution >= 0.6 is 7.82 Å². The Hall–Kier alpha value is -3.33. The number of esters is 1. The van der Waals surface area contributed by atoms with E-state index in [1.807, 2.05) is 39.4 Å². The summed E-state index contributed by atoms with van der Waals surface area (Å²) < 4.78 is 30.2. The molecular formula is C63H109N2O7P. The Morgan fingerprint density at radius 1 is 0.507 bits per heavy atom. The van der Waals surface area contributed by atoms with Gasteiger partial charge in [-0.25, -0.2) is 0 Å². The first-order chi connectivity index (χ1) is 35.4. The van der Waals surface area contributed by atoms with E-state index in [4.69, 9.17) is 13.8 Å². The van der Waals surface area contributed by atoms with Gasteiger partial charge in [0.2, 0.25) is 5.91 Å². The van der Waals surface area contributed by atoms with Gasteiger partial charge in [0.15, 0.2) is 0 Å². The number of nitrogens with zero attached hydrogens (tertiary/aromatic N) is 1. The third-order valence-corrected chi connectivity index (χ3v) is 13.2. The van der Waals surface area contributed by atoms with Crippen LogP contribution in [0.3, 0.4) is 0 Å². The van der Waals surface area contributed by atoms with Crippen LogP contribution in [-0.4, -0.2) is 69.4 Å². The van der Waals surface area contributed by atoms with Gasteiger partial charge in [-0.05, 0) is 96.0 Å². The molecule has 0 heterocycles. The van der Waals surface area contributed by atoms with Crippen LogP contribution < -0.4 is 10.2 Å². The molecule has 0 saturated heterocycles. The van der Waals surface area contributed by atoms with Crippen LogP contribution in [-0.2, 0) is 27.9 Å². The van der Waals surface area contributed by atoms with E-state index in [-0.39, 0.29) is 31.3 Å². The van der Waals surface area contributed by atoms with Gasteiger partial charge in [-0.1, -0.05) is 227 Å². The number of likely N-dealkylation sites (N-methyl/N-ethyl adjacent to an activating group) is 1. The predicted molar refractivity (Wildman–Crippen MR) is 311 cm³/mol. The fourth-order valence-corrected chi connectivity index (χ4v) is 8.51. The van der Waals surface area contributed by atoms with Gasteiger partial charge in [-0.3, -0.25) is 14.2 Å². The molecule has 3 atom stereocenters. The Morgan fingerprint density at radius 3 is 1.47 bits per heavy atom. The highest BCUT2D eigenvalue weighted by atomic mass is 31.2. The van der Waals surface area contributed by atoms with Crippen molar-refractivity contribution in [1.82, 2.24) is 5.32 Å². The summed E-state index contributed by atoms with van der Waals surface area (Å²) in [6, 6.07) is -0.913. The number of nitrogens with one attached hydrogen (secondary N) is 1. The zero-order chi connectivity index (χ0) is 53.6. The van der Waals surface area contributed by atoms with E-state index in [0.717, 1.165) is 122 Å². The van der Waals surface area contributed by atoms with Crippen molar-refractivity contribution >= 4 is 19.7 Å². The Bertz CT molecular complexity index is 1620. The van der Waals surface area contributed by atoms with Gasteiger partial charge in [0, 0.05) is 12.8 Å². The highest BCUT2D eigenvalue weighted by Gasteiger charge is 2.27. The first-order valence-corrected chi connectivity index (χ1v) is 30.7. The number of ether oxygens (including phenoxy) is 1. The summed E-state index contributed by atoms with van der Waals surface area (Å²) in [5.74, 6) is -0.595. The molecule has 0 spiro atoms. The molecule has 10 heteroatoms. The third kappa shape index (κ3) is 53.3. The maximum Gasteiger partial charge on any atom is 0.306 e. The molecule has 0 aliphatic rings. The predicted octanol–water partition coefficient (Wildman–Crippen LogP) is 17.1. The van der Waals surface area contributed by atoms with Crippen LogP contribution in [0.4, 0.5) is 0 Å². The highest BCUT2D eigenvalue weighted by molar-refractivity contribution is 7.45. The van der Waals surface area contributed by atoms with Gasteiger partial charge < -0.3 is 28.5 Å². The molecule has 9 nitrogen and oxygen atoms in total. The first kappa shape index (κ1) is 69.7. The molecule has 0 aromatic rings. The minimum absolute atomic E-state index is 0.0358. The Balaban J connectivity index is 5.38. The molecule has 0 aromatic carbocycles. The average Bonchev–Trinajstić information content (AvgIpc) is 3.35. The van der Waals surface area contributed by atoms with Gasteiger partial charge in [0.25, 0.3) is 7.82 Å². The van der Waals surface area contributed by atoms with Crippen molar-refractivity contribution in [2.75, 3.05) is 40.9 Å². The number of rotatable bonds is 51. The second-order valence-corrected chi connectivity index (χ2v) is 21.9. The molecule has 1 N–H and O–H groups in total. The summed E-state index contributed by atoms with van der Waals surface area (Å²) in [5, 5.41) is 3.00. The fourth-order valence-electron chi connectivity index (χ4n) is 7.78. The zero-order valence-corrected chi connectivity index (χ0v) is 48.4. The number of unbranched alkanes of at least 4 members (excludes halogenated alkanes) is 21. The highest BCUT2D eigenvalue weighted by Crippen LogP contribution is 2.38. The van der Waals surface area contributed by atoms with E-state index < -0.39 is 26.6 Å². The van der Waals surface area contributed by atoms with Crippen molar-refractivity contribution in [2.24, 2.45) is 0 Å². The topological polar surface area (TPSA) is 114 Å². The van der Waals surface area contributed by atoms with Crippen molar-refractivity contribution in [1.29, 1.82) is 0 Å². The molecular weight excluding hydrogens is 928 g/mol. The Kier molecular flexibility index (Phi) is 49.7. The molecule has 0 aliphatic carbocycles. The lowest BCUT2D eigenvalue weighted by atomic mass is 10.0. The van der Waals surface area contributed by atoms with Crippen molar-refractivity contribution in [3.8, 4) is 0 Å². The quantitative estimate of drug-likeness (QED) is 0.0161. The number of hydrogen-bond acceptors (Lipinski definition) is 7. The molecule has 1 amide bonds. The van der Waals surface area contributed by atoms with E-state index in [1.165, 1.54) is 57.8 Å². The number of quaternary nitrogens is 1. The molecule has 0 radical (unpaired) electrons. The van der Waals surface area contributed by atoms with Crippen LogP contribution in [0.1, 0.15) is 226 Å². The van der Waals surface area contributed by atoms with Crippen molar-refractivity contribution < 1.29 is 37.3 Å². The largest absolute Gasteiger partial charge is 0.756 e. The molecule has 0 bridgehead atoms. The molecule has 0 aliphatic heterocycles. The molecule has 3 unspecified atom stereocenters. The van der Waals surface area contributed by atoms with Crippen LogP contribution in [0, 0.1) is 0 Å². The number of hydrogen-bond donors (Lipinski definition) is 1. The van der Waals surface area contributed by atoms with Gasteiger partial charge in [-0.2, -0.15) is 0 Å². The maximum atomic E-state index is 13.5. The van der Waals surface area contributed by atoms with Crippen molar-refractivity contribution in [3.63, 3.8) is 0 Å². The van der Waals surface area contributed by atoms with E-state index in [0.29, 0.717) is 23.9 Å². The first-order valence-electron chi connectivity index (χ1n) is 29.2. The monoisotopic (exact) mass is 1040 g/mol. The molecule has 0 fully saturated rings. The van der Waals surface area contributed by atoms with Gasteiger partial charge in [-0.15, -0.1) is 0 Å². The van der Waals surface area contributed by atoms with Crippen LogP contribution in [0.25, 0.3) is 0 Å². The fraction of sp³-hybridized carbons (Fsp3) is 0.683. The second kappa shape index (κ2) is 52.1. The summed E-state index contributed by atoms with van der Waals surface area (Å²) in [5.41, 5.74) is 0. The second-order valence-electron chi connectivity index (χ2n) is 20.4. The third-order valence-electron chi connectivity index (χ3n) is 12.3. The standard InChI is InChI=1S/C63H109N2O7P/c1-7-10-13-16-19-22-25-28-29-30-31-32-33-34-35-38-41-44-47-50-53-56-63(67)72-61(54-51-48-45-42-39-36-26-23-20-17-14-11-8-2)60(59-71-73(68,69)70-58-57-65(4,5)6)64-62(66)55-52-49-46-43-40-37-27-24-21-18-15-12-9-3/h10,12-13,15,18-19,21-22,24,27-29,31-32,34-35,51,54,60-61H,7-9,11,14,16-17,20,23,25-26,30,33,36-50,52-53,55-59H2,1-6H3,(H-,64,66,68,69)/b13-10-,15-12+,21-18+,22-19-,27-24-,29-28-,32-31-,35-34-,54-51-. The normalized spacial score (nSPS) is 14.6. The average molecular weight is 1040 g/mol. The number of carbonyl (C=O) groups excluding carboxylic acids is 2.